The minimum atomic E-state index is -0.204. The normalized spacial score (nSPS) is 13.0. The number of benzene rings is 1. The summed E-state index contributed by atoms with van der Waals surface area (Å²) in [5.41, 5.74) is 4.04. The number of hydrogen-bond donors (Lipinski definition) is 2. The zero-order valence-corrected chi connectivity index (χ0v) is 11.9. The smallest absolute Gasteiger partial charge is 0.124 e. The Bertz CT molecular complexity index is 717. The second kappa shape index (κ2) is 5.02. The first kappa shape index (κ1) is 12.7. The van der Waals surface area contributed by atoms with Gasteiger partial charge in [0.25, 0.3) is 0 Å². The molecule has 0 aliphatic carbocycles. The first-order valence-electron chi connectivity index (χ1n) is 5.88. The maximum Gasteiger partial charge on any atom is 0.124 e. The highest BCUT2D eigenvalue weighted by Crippen LogP contribution is 2.35. The second-order valence-electron chi connectivity index (χ2n) is 4.36. The average molecular weight is 292 g/mol. The molecule has 0 radical (unpaired) electrons. The van der Waals surface area contributed by atoms with E-state index in [0.717, 1.165) is 15.0 Å². The van der Waals surface area contributed by atoms with E-state index in [2.05, 4.69) is 29.9 Å². The van der Waals surface area contributed by atoms with E-state index >= 15 is 0 Å². The highest BCUT2D eigenvalue weighted by molar-refractivity contribution is 7.19. The molecule has 0 fully saturated rings. The molecule has 3 aromatic rings. The fourth-order valence-corrected chi connectivity index (χ4v) is 4.10. The van der Waals surface area contributed by atoms with Crippen molar-refractivity contribution in [3.63, 3.8) is 0 Å². The molecule has 1 atom stereocenters. The van der Waals surface area contributed by atoms with Crippen molar-refractivity contribution in [1.29, 1.82) is 0 Å². The van der Waals surface area contributed by atoms with Crippen molar-refractivity contribution >= 4 is 32.8 Å². The third-order valence-corrected chi connectivity index (χ3v) is 5.19. The Labute approximate surface area is 118 Å². The van der Waals surface area contributed by atoms with Crippen LogP contribution in [-0.2, 0) is 0 Å². The van der Waals surface area contributed by atoms with Gasteiger partial charge in [-0.05, 0) is 47.5 Å². The Morgan fingerprint density at radius 3 is 2.79 bits per heavy atom. The van der Waals surface area contributed by atoms with Gasteiger partial charge in [-0.3, -0.25) is 5.84 Å². The van der Waals surface area contributed by atoms with Gasteiger partial charge in [0.15, 0.2) is 0 Å². The van der Waals surface area contributed by atoms with Gasteiger partial charge >= 0.3 is 0 Å². The molecule has 0 aliphatic rings. The van der Waals surface area contributed by atoms with Crippen LogP contribution in [0.25, 0.3) is 10.1 Å². The van der Waals surface area contributed by atoms with E-state index in [-0.39, 0.29) is 11.9 Å². The van der Waals surface area contributed by atoms with E-state index in [1.807, 2.05) is 0 Å². The highest BCUT2D eigenvalue weighted by atomic mass is 32.1. The largest absolute Gasteiger partial charge is 0.271 e. The van der Waals surface area contributed by atoms with Gasteiger partial charge < -0.3 is 0 Å². The topological polar surface area (TPSA) is 38.0 Å². The summed E-state index contributed by atoms with van der Waals surface area (Å²) in [5, 5.41) is 3.11. The number of halogens is 1. The second-order valence-corrected chi connectivity index (χ2v) is 6.60. The van der Waals surface area contributed by atoms with Crippen LogP contribution in [0.3, 0.4) is 0 Å². The predicted octanol–water partition coefficient (Wildman–Crippen LogP) is 3.96. The molecular formula is C14H13FN2S2. The fourth-order valence-electron chi connectivity index (χ4n) is 2.19. The van der Waals surface area contributed by atoms with E-state index < -0.39 is 0 Å². The van der Waals surface area contributed by atoms with E-state index in [9.17, 15) is 4.39 Å². The van der Waals surface area contributed by atoms with Crippen molar-refractivity contribution < 1.29 is 4.39 Å². The van der Waals surface area contributed by atoms with Crippen molar-refractivity contribution in [2.75, 3.05) is 0 Å². The molecule has 0 bridgehead atoms. The van der Waals surface area contributed by atoms with E-state index in [4.69, 9.17) is 5.84 Å². The fraction of sp³-hybridized carbons (Fsp3) is 0.143. The van der Waals surface area contributed by atoms with Crippen LogP contribution in [0.1, 0.15) is 21.4 Å². The Balaban J connectivity index is 2.09. The Kier molecular flexibility index (Phi) is 3.36. The van der Waals surface area contributed by atoms with Gasteiger partial charge in [-0.25, -0.2) is 9.82 Å². The first-order valence-corrected chi connectivity index (χ1v) is 7.58. The third-order valence-electron chi connectivity index (χ3n) is 3.16. The summed E-state index contributed by atoms with van der Waals surface area (Å²) in [6.45, 7) is 2.08. The van der Waals surface area contributed by atoms with Crippen LogP contribution in [0.4, 0.5) is 4.39 Å². The van der Waals surface area contributed by atoms with Crippen molar-refractivity contribution in [2.24, 2.45) is 5.84 Å². The summed E-state index contributed by atoms with van der Waals surface area (Å²) in [6.07, 6.45) is 0. The molecule has 1 unspecified atom stereocenters. The predicted molar refractivity (Wildman–Crippen MR) is 80.0 cm³/mol. The molecule has 0 saturated carbocycles. The lowest BCUT2D eigenvalue weighted by Gasteiger charge is -2.13. The first-order chi connectivity index (χ1) is 9.19. The van der Waals surface area contributed by atoms with Gasteiger partial charge in [0, 0.05) is 14.5 Å². The number of thiophene rings is 2. The summed E-state index contributed by atoms with van der Waals surface area (Å²) in [6, 6.07) is 8.97. The van der Waals surface area contributed by atoms with Gasteiger partial charge in [0.1, 0.15) is 5.82 Å². The zero-order chi connectivity index (χ0) is 13.4. The van der Waals surface area contributed by atoms with Gasteiger partial charge in [-0.1, -0.05) is 6.07 Å². The molecule has 1 aromatic carbocycles. The van der Waals surface area contributed by atoms with Crippen molar-refractivity contribution in [3.05, 3.63) is 56.8 Å². The minimum absolute atomic E-state index is 0.0355. The number of hydrogen-bond acceptors (Lipinski definition) is 4. The van der Waals surface area contributed by atoms with E-state index in [1.165, 1.54) is 16.5 Å². The molecule has 0 amide bonds. The Morgan fingerprint density at radius 1 is 1.26 bits per heavy atom. The summed E-state index contributed by atoms with van der Waals surface area (Å²) in [7, 11) is 0. The minimum Gasteiger partial charge on any atom is -0.271 e. The van der Waals surface area contributed by atoms with Gasteiger partial charge in [0.2, 0.25) is 0 Å². The molecule has 2 aromatic heterocycles. The Morgan fingerprint density at radius 2 is 2.11 bits per heavy atom. The summed E-state index contributed by atoms with van der Waals surface area (Å²) in [5.74, 6) is 5.50. The van der Waals surface area contributed by atoms with E-state index in [1.54, 1.807) is 34.8 Å². The molecule has 5 heteroatoms. The van der Waals surface area contributed by atoms with Crippen LogP contribution in [-0.4, -0.2) is 0 Å². The SMILES string of the molecule is Cc1sccc1C(NN)c1cc2ccc(F)cc2s1. The van der Waals surface area contributed by atoms with Gasteiger partial charge in [-0.2, -0.15) is 0 Å². The Hall–Kier alpha value is -1.27. The number of rotatable bonds is 3. The lowest BCUT2D eigenvalue weighted by Crippen LogP contribution is -2.28. The van der Waals surface area contributed by atoms with Crippen molar-refractivity contribution in [2.45, 2.75) is 13.0 Å². The maximum atomic E-state index is 13.2. The van der Waals surface area contributed by atoms with Crippen LogP contribution in [0.15, 0.2) is 35.7 Å². The molecule has 98 valence electrons. The van der Waals surface area contributed by atoms with Crippen LogP contribution < -0.4 is 11.3 Å². The maximum absolute atomic E-state index is 13.2. The van der Waals surface area contributed by atoms with Gasteiger partial charge in [-0.15, -0.1) is 22.7 Å². The van der Waals surface area contributed by atoms with Crippen molar-refractivity contribution in [1.82, 2.24) is 5.43 Å². The molecule has 2 nitrogen and oxygen atoms in total. The van der Waals surface area contributed by atoms with Crippen molar-refractivity contribution in [3.8, 4) is 0 Å². The number of nitrogens with one attached hydrogen (secondary N) is 1. The zero-order valence-electron chi connectivity index (χ0n) is 10.3. The molecule has 2 heterocycles. The third kappa shape index (κ3) is 2.30. The van der Waals surface area contributed by atoms with Crippen LogP contribution >= 0.6 is 22.7 Å². The number of fused-ring (bicyclic) bond motifs is 1. The molecular weight excluding hydrogens is 279 g/mol. The quantitative estimate of drug-likeness (QED) is 0.566. The lowest BCUT2D eigenvalue weighted by atomic mass is 10.1. The molecule has 19 heavy (non-hydrogen) atoms. The molecule has 0 saturated heterocycles. The van der Waals surface area contributed by atoms with E-state index in [0.29, 0.717) is 0 Å². The standard InChI is InChI=1S/C14H13FN2S2/c1-8-11(4-5-18-8)14(17-16)13-6-9-2-3-10(15)7-12(9)19-13/h2-7,14,17H,16H2,1H3. The number of hydrazine groups is 1. The molecule has 3 N–H and O–H groups in total. The monoisotopic (exact) mass is 292 g/mol. The number of nitrogens with two attached hydrogens (primary N) is 1. The number of aryl methyl sites for hydroxylation is 1. The average Bonchev–Trinajstić information content (AvgIpc) is 2.97. The van der Waals surface area contributed by atoms with Gasteiger partial charge in [0.05, 0.1) is 6.04 Å². The summed E-state index contributed by atoms with van der Waals surface area (Å²) < 4.78 is 14.2. The van der Waals surface area contributed by atoms with Crippen LogP contribution in [0.2, 0.25) is 0 Å². The highest BCUT2D eigenvalue weighted by Gasteiger charge is 2.18. The molecule has 0 aliphatic heterocycles. The summed E-state index contributed by atoms with van der Waals surface area (Å²) in [4.78, 5) is 2.34. The van der Waals surface area contributed by atoms with Crippen LogP contribution in [0, 0.1) is 12.7 Å². The summed E-state index contributed by atoms with van der Waals surface area (Å²) >= 11 is 3.27. The molecule has 3 rings (SSSR count). The van der Waals surface area contributed by atoms with Crippen LogP contribution in [0.5, 0.6) is 0 Å². The molecule has 0 spiro atoms. The lowest BCUT2D eigenvalue weighted by molar-refractivity contribution is 0.630.